The molecule has 0 aliphatic heterocycles. The quantitative estimate of drug-likeness (QED) is 0.592. The predicted molar refractivity (Wildman–Crippen MR) is 52.9 cm³/mol. The van der Waals surface area contributed by atoms with Crippen LogP contribution in [0.1, 0.15) is 20.3 Å². The van der Waals surface area contributed by atoms with Crippen LogP contribution in [-0.2, 0) is 4.79 Å². The molecule has 0 aromatic heterocycles. The van der Waals surface area contributed by atoms with Gasteiger partial charge in [-0.1, -0.05) is 0 Å². The number of carboxylic acid groups (broad SMARTS) is 1. The van der Waals surface area contributed by atoms with Crippen LogP contribution in [0.5, 0.6) is 0 Å². The van der Waals surface area contributed by atoms with Crippen LogP contribution in [0.3, 0.4) is 0 Å². The Morgan fingerprint density at radius 1 is 1.46 bits per heavy atom. The number of hydrogen-bond donors (Lipinski definition) is 2. The van der Waals surface area contributed by atoms with E-state index in [0.29, 0.717) is 6.54 Å². The Morgan fingerprint density at radius 2 is 2.00 bits per heavy atom. The van der Waals surface area contributed by atoms with Gasteiger partial charge in [0.15, 0.2) is 0 Å². The monoisotopic (exact) mass is 188 g/mol. The second-order valence-corrected chi connectivity index (χ2v) is 4.03. The van der Waals surface area contributed by atoms with Crippen molar-refractivity contribution in [3.63, 3.8) is 0 Å². The van der Waals surface area contributed by atoms with E-state index >= 15 is 0 Å². The zero-order valence-electron chi connectivity index (χ0n) is 8.92. The van der Waals surface area contributed by atoms with Crippen LogP contribution in [0.15, 0.2) is 0 Å². The molecule has 0 saturated carbocycles. The molecule has 78 valence electrons. The fourth-order valence-electron chi connectivity index (χ4n) is 0.748. The first kappa shape index (κ1) is 12.4. The molecule has 0 aliphatic rings. The molecule has 0 aliphatic carbocycles. The maximum absolute atomic E-state index is 10.2. The van der Waals surface area contributed by atoms with E-state index in [1.807, 2.05) is 14.1 Å². The zero-order chi connectivity index (χ0) is 10.5. The molecule has 4 nitrogen and oxygen atoms in total. The third-order valence-electron chi connectivity index (χ3n) is 2.28. The molecule has 0 amide bonds. The molecule has 0 spiro atoms. The minimum absolute atomic E-state index is 0.0680. The van der Waals surface area contributed by atoms with Crippen molar-refractivity contribution in [1.29, 1.82) is 0 Å². The van der Waals surface area contributed by atoms with E-state index < -0.39 is 5.97 Å². The van der Waals surface area contributed by atoms with E-state index in [1.54, 1.807) is 0 Å². The van der Waals surface area contributed by atoms with Crippen molar-refractivity contribution in [2.45, 2.75) is 25.8 Å². The molecule has 0 atom stereocenters. The summed E-state index contributed by atoms with van der Waals surface area (Å²) in [5, 5.41) is 11.5. The van der Waals surface area contributed by atoms with Crippen molar-refractivity contribution in [1.82, 2.24) is 10.2 Å². The molecule has 0 aromatic carbocycles. The van der Waals surface area contributed by atoms with Gasteiger partial charge in [-0.3, -0.25) is 4.79 Å². The van der Waals surface area contributed by atoms with Crippen LogP contribution in [0, 0.1) is 0 Å². The third kappa shape index (κ3) is 5.60. The standard InChI is InChI=1S/C9H20N2O2/c1-9(2,11(3)4)7-10-6-5-8(12)13/h10H,5-7H2,1-4H3,(H,12,13). The van der Waals surface area contributed by atoms with E-state index in [0.717, 1.165) is 6.54 Å². The normalized spacial score (nSPS) is 12.1. The SMILES string of the molecule is CN(C)C(C)(C)CNCCC(=O)O. The Balaban J connectivity index is 3.58. The number of carboxylic acids is 1. The summed E-state index contributed by atoms with van der Waals surface area (Å²) in [7, 11) is 4.03. The van der Waals surface area contributed by atoms with Crippen LogP contribution in [0.25, 0.3) is 0 Å². The van der Waals surface area contributed by atoms with E-state index in [1.165, 1.54) is 0 Å². The summed E-state index contributed by atoms with van der Waals surface area (Å²) in [6, 6.07) is 0. The van der Waals surface area contributed by atoms with Gasteiger partial charge < -0.3 is 15.3 Å². The number of nitrogens with zero attached hydrogens (tertiary/aromatic N) is 1. The van der Waals surface area contributed by atoms with Crippen LogP contribution >= 0.6 is 0 Å². The number of nitrogens with one attached hydrogen (secondary N) is 1. The first-order valence-electron chi connectivity index (χ1n) is 4.46. The predicted octanol–water partition coefficient (Wildman–Crippen LogP) is 0.391. The molecule has 13 heavy (non-hydrogen) atoms. The molecule has 4 heteroatoms. The van der Waals surface area contributed by atoms with Crippen LogP contribution < -0.4 is 5.32 Å². The molecule has 0 radical (unpaired) electrons. The topological polar surface area (TPSA) is 52.6 Å². The minimum atomic E-state index is -0.754. The lowest BCUT2D eigenvalue weighted by molar-refractivity contribution is -0.136. The summed E-state index contributed by atoms with van der Waals surface area (Å²) < 4.78 is 0. The number of hydrogen-bond acceptors (Lipinski definition) is 3. The highest BCUT2D eigenvalue weighted by Gasteiger charge is 2.19. The van der Waals surface area contributed by atoms with Crippen molar-refractivity contribution in [3.05, 3.63) is 0 Å². The average molecular weight is 188 g/mol. The second kappa shape index (κ2) is 5.19. The Labute approximate surface area is 79.9 Å². The van der Waals surface area contributed by atoms with E-state index in [9.17, 15) is 4.79 Å². The maximum atomic E-state index is 10.2. The smallest absolute Gasteiger partial charge is 0.304 e. The highest BCUT2D eigenvalue weighted by Crippen LogP contribution is 2.07. The fraction of sp³-hybridized carbons (Fsp3) is 0.889. The molecule has 0 saturated heterocycles. The van der Waals surface area contributed by atoms with Gasteiger partial charge in [0, 0.05) is 18.6 Å². The second-order valence-electron chi connectivity index (χ2n) is 4.03. The van der Waals surface area contributed by atoms with Gasteiger partial charge in [0.25, 0.3) is 0 Å². The number of rotatable bonds is 6. The number of likely N-dealkylation sites (N-methyl/N-ethyl adjacent to an activating group) is 1. The first-order valence-corrected chi connectivity index (χ1v) is 4.46. The summed E-state index contributed by atoms with van der Waals surface area (Å²) in [4.78, 5) is 12.3. The van der Waals surface area contributed by atoms with E-state index in [-0.39, 0.29) is 12.0 Å². The van der Waals surface area contributed by atoms with Gasteiger partial charge in [-0.15, -0.1) is 0 Å². The van der Waals surface area contributed by atoms with Crippen LogP contribution in [-0.4, -0.2) is 48.7 Å². The molecule has 0 rings (SSSR count). The van der Waals surface area contributed by atoms with Gasteiger partial charge in [0.1, 0.15) is 0 Å². The van der Waals surface area contributed by atoms with E-state index in [4.69, 9.17) is 5.11 Å². The number of aliphatic carboxylic acids is 1. The molecular formula is C9H20N2O2. The summed E-state index contributed by atoms with van der Waals surface area (Å²) in [5.41, 5.74) is 0.0680. The molecule has 0 fully saturated rings. The summed E-state index contributed by atoms with van der Waals surface area (Å²) >= 11 is 0. The summed E-state index contributed by atoms with van der Waals surface area (Å²) in [5.74, 6) is -0.754. The molecule has 0 heterocycles. The largest absolute Gasteiger partial charge is 0.481 e. The first-order chi connectivity index (χ1) is 5.86. The zero-order valence-corrected chi connectivity index (χ0v) is 8.92. The molecule has 0 aromatic rings. The highest BCUT2D eigenvalue weighted by molar-refractivity contribution is 5.66. The van der Waals surface area contributed by atoms with Gasteiger partial charge in [0.2, 0.25) is 0 Å². The number of carbonyl (C=O) groups is 1. The van der Waals surface area contributed by atoms with Gasteiger partial charge in [-0.25, -0.2) is 0 Å². The van der Waals surface area contributed by atoms with Crippen LogP contribution in [0.4, 0.5) is 0 Å². The lowest BCUT2D eigenvalue weighted by Gasteiger charge is -2.32. The fourth-order valence-corrected chi connectivity index (χ4v) is 0.748. The van der Waals surface area contributed by atoms with Crippen molar-refractivity contribution < 1.29 is 9.90 Å². The summed E-state index contributed by atoms with van der Waals surface area (Å²) in [6.07, 6.45) is 0.184. The van der Waals surface area contributed by atoms with Gasteiger partial charge in [-0.05, 0) is 27.9 Å². The minimum Gasteiger partial charge on any atom is -0.481 e. The van der Waals surface area contributed by atoms with Gasteiger partial charge in [0.05, 0.1) is 6.42 Å². The Hall–Kier alpha value is -0.610. The lowest BCUT2D eigenvalue weighted by atomic mass is 10.0. The third-order valence-corrected chi connectivity index (χ3v) is 2.28. The van der Waals surface area contributed by atoms with Crippen LogP contribution in [0.2, 0.25) is 0 Å². The average Bonchev–Trinajstić information content (AvgIpc) is 1.97. The molecular weight excluding hydrogens is 168 g/mol. The van der Waals surface area contributed by atoms with Crippen molar-refractivity contribution in [2.24, 2.45) is 0 Å². The Kier molecular flexibility index (Phi) is 4.95. The van der Waals surface area contributed by atoms with Crippen molar-refractivity contribution in [3.8, 4) is 0 Å². The van der Waals surface area contributed by atoms with Gasteiger partial charge >= 0.3 is 5.97 Å². The molecule has 0 unspecified atom stereocenters. The Morgan fingerprint density at radius 3 is 2.38 bits per heavy atom. The van der Waals surface area contributed by atoms with Crippen molar-refractivity contribution >= 4 is 5.97 Å². The maximum Gasteiger partial charge on any atom is 0.304 e. The van der Waals surface area contributed by atoms with Gasteiger partial charge in [-0.2, -0.15) is 0 Å². The van der Waals surface area contributed by atoms with E-state index in [2.05, 4.69) is 24.1 Å². The molecule has 0 bridgehead atoms. The Bertz CT molecular complexity index is 167. The molecule has 2 N–H and O–H groups in total. The van der Waals surface area contributed by atoms with Crippen molar-refractivity contribution in [2.75, 3.05) is 27.2 Å². The summed E-state index contributed by atoms with van der Waals surface area (Å²) in [6.45, 7) is 5.56. The highest BCUT2D eigenvalue weighted by atomic mass is 16.4. The lowest BCUT2D eigenvalue weighted by Crippen LogP contribution is -2.47.